The molecular formula is C18H19F2NO4S. The Labute approximate surface area is 151 Å². The summed E-state index contributed by atoms with van der Waals surface area (Å²) >= 11 is 0. The zero-order chi connectivity index (χ0) is 18.9. The van der Waals surface area contributed by atoms with E-state index in [-0.39, 0.29) is 5.92 Å². The second-order valence-corrected chi connectivity index (χ2v) is 7.95. The first kappa shape index (κ1) is 18.6. The van der Waals surface area contributed by atoms with Gasteiger partial charge in [-0.3, -0.25) is 0 Å². The molecular weight excluding hydrogens is 364 g/mol. The molecule has 0 spiro atoms. The van der Waals surface area contributed by atoms with Crippen molar-refractivity contribution in [3.8, 4) is 11.5 Å². The number of fused-ring (bicyclic) bond motifs is 1. The van der Waals surface area contributed by atoms with Crippen LogP contribution in [0.1, 0.15) is 25.5 Å². The van der Waals surface area contributed by atoms with Gasteiger partial charge in [0.15, 0.2) is 16.4 Å². The number of benzene rings is 2. The fourth-order valence-corrected chi connectivity index (χ4v) is 4.32. The minimum atomic E-state index is -4.41. The Morgan fingerprint density at radius 1 is 1.00 bits per heavy atom. The van der Waals surface area contributed by atoms with Crippen molar-refractivity contribution in [2.24, 2.45) is 5.92 Å². The number of halogens is 2. The molecule has 0 saturated carbocycles. The first-order valence-electron chi connectivity index (χ1n) is 8.15. The van der Waals surface area contributed by atoms with Crippen molar-refractivity contribution in [1.29, 1.82) is 0 Å². The topological polar surface area (TPSA) is 64.6 Å². The van der Waals surface area contributed by atoms with E-state index in [9.17, 15) is 17.2 Å². The summed E-state index contributed by atoms with van der Waals surface area (Å²) in [7, 11) is -4.41. The Hall–Kier alpha value is -2.19. The summed E-state index contributed by atoms with van der Waals surface area (Å²) in [4.78, 5) is -0.983. The third-order valence-electron chi connectivity index (χ3n) is 4.06. The molecule has 0 fully saturated rings. The molecule has 0 bridgehead atoms. The molecule has 0 saturated heterocycles. The fourth-order valence-electron chi connectivity index (χ4n) is 2.81. The van der Waals surface area contributed by atoms with Gasteiger partial charge in [-0.05, 0) is 35.7 Å². The van der Waals surface area contributed by atoms with Gasteiger partial charge in [-0.1, -0.05) is 26.0 Å². The lowest BCUT2D eigenvalue weighted by atomic mass is 9.97. The average molecular weight is 383 g/mol. The van der Waals surface area contributed by atoms with E-state index in [4.69, 9.17) is 9.47 Å². The van der Waals surface area contributed by atoms with E-state index in [1.165, 1.54) is 0 Å². The number of sulfonamides is 1. The summed E-state index contributed by atoms with van der Waals surface area (Å²) < 4.78 is 66.5. The maximum Gasteiger partial charge on any atom is 0.246 e. The number of hydrogen-bond donors (Lipinski definition) is 1. The SMILES string of the molecule is CC(C)[C@@H](NS(=O)(=O)c1c(F)cccc1F)c1ccc2c(c1)OCCO2. The van der Waals surface area contributed by atoms with Gasteiger partial charge in [-0.2, -0.15) is 0 Å². The molecule has 8 heteroatoms. The van der Waals surface area contributed by atoms with Gasteiger partial charge >= 0.3 is 0 Å². The highest BCUT2D eigenvalue weighted by Gasteiger charge is 2.29. The first-order chi connectivity index (χ1) is 12.3. The summed E-state index contributed by atoms with van der Waals surface area (Å²) in [6, 6.07) is 7.31. The Bertz CT molecular complexity index is 895. The van der Waals surface area contributed by atoms with E-state index in [0.29, 0.717) is 30.3 Å². The van der Waals surface area contributed by atoms with Crippen molar-refractivity contribution in [1.82, 2.24) is 4.72 Å². The van der Waals surface area contributed by atoms with Crippen LogP contribution in [0.2, 0.25) is 0 Å². The molecule has 5 nitrogen and oxygen atoms in total. The summed E-state index contributed by atoms with van der Waals surface area (Å²) in [5.41, 5.74) is 0.615. The van der Waals surface area contributed by atoms with Crippen LogP contribution in [0.25, 0.3) is 0 Å². The molecule has 1 N–H and O–H groups in total. The van der Waals surface area contributed by atoms with E-state index in [0.717, 1.165) is 18.2 Å². The van der Waals surface area contributed by atoms with Gasteiger partial charge in [0, 0.05) is 6.04 Å². The normalized spacial score (nSPS) is 15.1. The highest BCUT2D eigenvalue weighted by atomic mass is 32.2. The van der Waals surface area contributed by atoms with Gasteiger partial charge in [-0.25, -0.2) is 21.9 Å². The monoisotopic (exact) mass is 383 g/mol. The summed E-state index contributed by atoms with van der Waals surface area (Å²) in [6.07, 6.45) is 0. The molecule has 26 heavy (non-hydrogen) atoms. The van der Waals surface area contributed by atoms with Crippen molar-refractivity contribution < 1.29 is 26.7 Å². The lowest BCUT2D eigenvalue weighted by molar-refractivity contribution is 0.171. The average Bonchev–Trinajstić information content (AvgIpc) is 2.59. The summed E-state index contributed by atoms with van der Waals surface area (Å²) in [6.45, 7) is 4.46. The van der Waals surface area contributed by atoms with Crippen molar-refractivity contribution in [3.63, 3.8) is 0 Å². The second kappa shape index (κ2) is 7.20. The van der Waals surface area contributed by atoms with Gasteiger partial charge in [0.25, 0.3) is 0 Å². The molecule has 3 rings (SSSR count). The molecule has 0 radical (unpaired) electrons. The van der Waals surface area contributed by atoms with E-state index >= 15 is 0 Å². The van der Waals surface area contributed by atoms with Gasteiger partial charge in [0.05, 0.1) is 0 Å². The first-order valence-corrected chi connectivity index (χ1v) is 9.64. The Kier molecular flexibility index (Phi) is 5.15. The maximum atomic E-state index is 13.9. The van der Waals surface area contributed by atoms with Crippen LogP contribution in [-0.4, -0.2) is 21.6 Å². The van der Waals surface area contributed by atoms with Crippen LogP contribution in [0.3, 0.4) is 0 Å². The summed E-state index contributed by atoms with van der Waals surface area (Å²) in [5.74, 6) is -1.37. The highest BCUT2D eigenvalue weighted by molar-refractivity contribution is 7.89. The zero-order valence-electron chi connectivity index (χ0n) is 14.3. The Balaban J connectivity index is 1.97. The van der Waals surface area contributed by atoms with Crippen LogP contribution in [0.5, 0.6) is 11.5 Å². The molecule has 0 amide bonds. The molecule has 140 valence electrons. The molecule has 1 atom stereocenters. The lowest BCUT2D eigenvalue weighted by Gasteiger charge is -2.25. The lowest BCUT2D eigenvalue weighted by Crippen LogP contribution is -2.33. The van der Waals surface area contributed by atoms with Crippen LogP contribution in [0.15, 0.2) is 41.3 Å². The molecule has 1 heterocycles. The van der Waals surface area contributed by atoms with E-state index in [1.54, 1.807) is 18.2 Å². The number of nitrogens with one attached hydrogen (secondary N) is 1. The molecule has 1 aliphatic rings. The van der Waals surface area contributed by atoms with Crippen LogP contribution < -0.4 is 14.2 Å². The quantitative estimate of drug-likeness (QED) is 0.859. The molecule has 0 unspecified atom stereocenters. The minimum absolute atomic E-state index is 0.179. The second-order valence-electron chi connectivity index (χ2n) is 6.30. The number of hydrogen-bond acceptors (Lipinski definition) is 4. The van der Waals surface area contributed by atoms with E-state index in [1.807, 2.05) is 13.8 Å². The summed E-state index contributed by atoms with van der Waals surface area (Å²) in [5, 5.41) is 0. The van der Waals surface area contributed by atoms with Gasteiger partial charge in [0.2, 0.25) is 10.0 Å². The third kappa shape index (κ3) is 3.66. The number of ether oxygens (including phenoxy) is 2. The molecule has 0 aromatic heterocycles. The van der Waals surface area contributed by atoms with Crippen LogP contribution in [0.4, 0.5) is 8.78 Å². The van der Waals surface area contributed by atoms with Crippen molar-refractivity contribution in [3.05, 3.63) is 53.6 Å². The predicted octanol–water partition coefficient (Wildman–Crippen LogP) is 3.41. The maximum absolute atomic E-state index is 13.9. The molecule has 0 aliphatic carbocycles. The minimum Gasteiger partial charge on any atom is -0.486 e. The predicted molar refractivity (Wildman–Crippen MR) is 91.7 cm³/mol. The fraction of sp³-hybridized carbons (Fsp3) is 0.333. The Morgan fingerprint density at radius 2 is 1.62 bits per heavy atom. The molecule has 2 aromatic carbocycles. The van der Waals surface area contributed by atoms with Crippen LogP contribution in [-0.2, 0) is 10.0 Å². The smallest absolute Gasteiger partial charge is 0.246 e. The van der Waals surface area contributed by atoms with Crippen molar-refractivity contribution in [2.75, 3.05) is 13.2 Å². The van der Waals surface area contributed by atoms with Crippen molar-refractivity contribution >= 4 is 10.0 Å². The zero-order valence-corrected chi connectivity index (χ0v) is 15.1. The van der Waals surface area contributed by atoms with Crippen molar-refractivity contribution in [2.45, 2.75) is 24.8 Å². The van der Waals surface area contributed by atoms with Gasteiger partial charge in [-0.15, -0.1) is 0 Å². The largest absolute Gasteiger partial charge is 0.486 e. The van der Waals surface area contributed by atoms with Crippen LogP contribution >= 0.6 is 0 Å². The Morgan fingerprint density at radius 3 is 2.23 bits per heavy atom. The molecule has 1 aliphatic heterocycles. The van der Waals surface area contributed by atoms with Crippen LogP contribution in [0, 0.1) is 17.6 Å². The third-order valence-corrected chi connectivity index (χ3v) is 5.55. The number of rotatable bonds is 5. The molecule has 2 aromatic rings. The van der Waals surface area contributed by atoms with Gasteiger partial charge < -0.3 is 9.47 Å². The van der Waals surface area contributed by atoms with Gasteiger partial charge in [0.1, 0.15) is 24.8 Å². The highest BCUT2D eigenvalue weighted by Crippen LogP contribution is 2.35. The standard InChI is InChI=1S/C18H19F2NO4S/c1-11(2)17(12-6-7-15-16(10-12)25-9-8-24-15)21-26(22,23)18-13(19)4-3-5-14(18)20/h3-7,10-11,17,21H,8-9H2,1-2H3/t17-/m1/s1. The van der Waals surface area contributed by atoms with E-state index in [2.05, 4.69) is 4.72 Å². The van der Waals surface area contributed by atoms with E-state index < -0.39 is 32.6 Å².